The van der Waals surface area contributed by atoms with Crippen LogP contribution in [0.3, 0.4) is 0 Å². The van der Waals surface area contributed by atoms with Crippen LogP contribution in [0, 0.1) is 0 Å². The number of hydrogen-bond donors (Lipinski definition) is 1. The molecule has 1 aromatic heterocycles. The van der Waals surface area contributed by atoms with Crippen molar-refractivity contribution in [1.29, 1.82) is 0 Å². The van der Waals surface area contributed by atoms with E-state index in [-0.39, 0.29) is 0 Å². The first-order chi connectivity index (χ1) is 24.3. The Bertz CT molecular complexity index is 2380. The van der Waals surface area contributed by atoms with Gasteiger partial charge in [0.1, 0.15) is 0 Å². The molecule has 9 rings (SSSR count). The topological polar surface area (TPSA) is 29.3 Å². The SMILES string of the molecule is C1=Nc2ccccc2Nc2ccc(-n3c4ccccc4c4ccc([Si](c5ccccc5)(c5ccccc5)c5ccccc5)cc43)cc2SC1. The minimum Gasteiger partial charge on any atom is -0.353 e. The van der Waals surface area contributed by atoms with Gasteiger partial charge in [0.2, 0.25) is 0 Å². The Kier molecular flexibility index (Phi) is 7.49. The normalized spacial score (nSPS) is 12.8. The van der Waals surface area contributed by atoms with Gasteiger partial charge in [-0.2, -0.15) is 0 Å². The lowest BCUT2D eigenvalue weighted by Gasteiger charge is -2.34. The number of aliphatic imine (C=N–C) groups is 1. The maximum Gasteiger partial charge on any atom is 0.179 e. The van der Waals surface area contributed by atoms with Gasteiger partial charge in [-0.1, -0.05) is 133 Å². The van der Waals surface area contributed by atoms with Crippen molar-refractivity contribution in [1.82, 2.24) is 4.57 Å². The Labute approximate surface area is 291 Å². The van der Waals surface area contributed by atoms with E-state index in [0.29, 0.717) is 0 Å². The van der Waals surface area contributed by atoms with Crippen molar-refractivity contribution in [2.24, 2.45) is 4.99 Å². The summed E-state index contributed by atoms with van der Waals surface area (Å²) in [5, 5.41) is 11.7. The summed E-state index contributed by atoms with van der Waals surface area (Å²) in [6.45, 7) is 0. The first-order valence-electron chi connectivity index (χ1n) is 16.7. The molecule has 0 amide bonds. The van der Waals surface area contributed by atoms with Gasteiger partial charge in [0.25, 0.3) is 0 Å². The Morgan fingerprint density at radius 1 is 0.510 bits per heavy atom. The molecule has 7 aromatic carbocycles. The van der Waals surface area contributed by atoms with Gasteiger partial charge in [0, 0.05) is 33.3 Å². The highest BCUT2D eigenvalue weighted by Gasteiger charge is 2.41. The Balaban J connectivity index is 1.31. The Morgan fingerprint density at radius 3 is 1.84 bits per heavy atom. The summed E-state index contributed by atoms with van der Waals surface area (Å²) in [4.78, 5) is 5.94. The fraction of sp³-hybridized carbons (Fsp3) is 0.0227. The summed E-state index contributed by atoms with van der Waals surface area (Å²) >= 11 is 1.81. The highest BCUT2D eigenvalue weighted by atomic mass is 32.2. The van der Waals surface area contributed by atoms with Crippen LogP contribution in [0.4, 0.5) is 17.1 Å². The van der Waals surface area contributed by atoms with Gasteiger partial charge in [-0.05, 0) is 63.2 Å². The predicted molar refractivity (Wildman–Crippen MR) is 213 cm³/mol. The molecule has 1 aliphatic rings. The molecule has 0 bridgehead atoms. The van der Waals surface area contributed by atoms with E-state index >= 15 is 0 Å². The lowest BCUT2D eigenvalue weighted by atomic mass is 10.1. The molecule has 5 heteroatoms. The molecule has 0 fully saturated rings. The lowest BCUT2D eigenvalue weighted by Crippen LogP contribution is -2.74. The third-order valence-corrected chi connectivity index (χ3v) is 15.4. The molecule has 234 valence electrons. The standard InChI is InChI=1S/C44H33N3SSi/c1-4-14-33(15-5-1)49(34-16-6-2-7-17-34,35-18-8-3-9-19-35)36-25-26-38-37-20-10-13-23-42(37)47(43(38)31-36)32-24-27-41-44(30-32)48-29-28-45-39-21-11-12-22-40(39)46-41/h1-28,30-31,46H,29H2. The van der Waals surface area contributed by atoms with E-state index in [1.807, 2.05) is 24.0 Å². The number of thioether (sulfide) groups is 1. The van der Waals surface area contributed by atoms with E-state index < -0.39 is 8.07 Å². The Morgan fingerprint density at radius 2 is 1.12 bits per heavy atom. The van der Waals surface area contributed by atoms with Crippen LogP contribution in [0.5, 0.6) is 0 Å². The van der Waals surface area contributed by atoms with Crippen LogP contribution in [-0.2, 0) is 0 Å². The van der Waals surface area contributed by atoms with Gasteiger partial charge >= 0.3 is 0 Å². The molecule has 1 N–H and O–H groups in total. The molecule has 8 aromatic rings. The van der Waals surface area contributed by atoms with E-state index in [0.717, 1.165) is 28.5 Å². The van der Waals surface area contributed by atoms with E-state index in [9.17, 15) is 0 Å². The number of benzene rings is 7. The third-order valence-electron chi connectivity index (χ3n) is 9.67. The molecule has 49 heavy (non-hydrogen) atoms. The molecule has 3 nitrogen and oxygen atoms in total. The zero-order valence-corrected chi connectivity index (χ0v) is 28.6. The number of nitrogens with one attached hydrogen (secondary N) is 1. The minimum absolute atomic E-state index is 0.795. The van der Waals surface area contributed by atoms with Gasteiger partial charge in [-0.3, -0.25) is 4.99 Å². The average Bonchev–Trinajstić information content (AvgIpc) is 3.53. The lowest BCUT2D eigenvalue weighted by molar-refractivity contribution is 1.16. The first kappa shape index (κ1) is 29.5. The number of fused-ring (bicyclic) bond motifs is 5. The molecule has 0 saturated heterocycles. The number of hydrogen-bond acceptors (Lipinski definition) is 3. The highest BCUT2D eigenvalue weighted by molar-refractivity contribution is 8.00. The van der Waals surface area contributed by atoms with Gasteiger partial charge < -0.3 is 9.88 Å². The summed E-state index contributed by atoms with van der Waals surface area (Å²) in [6, 6.07) is 64.6. The van der Waals surface area contributed by atoms with Crippen molar-refractivity contribution in [2.75, 3.05) is 11.1 Å². The van der Waals surface area contributed by atoms with Gasteiger partial charge in [0.05, 0.1) is 28.1 Å². The summed E-state index contributed by atoms with van der Waals surface area (Å²) < 4.78 is 2.46. The smallest absolute Gasteiger partial charge is 0.179 e. The summed E-state index contributed by atoms with van der Waals surface area (Å²) in [5.74, 6) is 0.795. The fourth-order valence-corrected chi connectivity index (χ4v) is 13.1. The third kappa shape index (κ3) is 5.01. The van der Waals surface area contributed by atoms with E-state index in [1.165, 1.54) is 47.4 Å². The molecule has 0 atom stereocenters. The largest absolute Gasteiger partial charge is 0.353 e. The van der Waals surface area contributed by atoms with Crippen LogP contribution in [0.25, 0.3) is 27.5 Å². The van der Waals surface area contributed by atoms with Crippen LogP contribution in [-0.4, -0.2) is 24.6 Å². The second-order valence-electron chi connectivity index (χ2n) is 12.4. The quantitative estimate of drug-likeness (QED) is 0.148. The monoisotopic (exact) mass is 663 g/mol. The molecule has 0 spiro atoms. The van der Waals surface area contributed by atoms with E-state index in [2.05, 4.69) is 180 Å². The number of nitrogens with zero attached hydrogens (tertiary/aromatic N) is 2. The highest BCUT2D eigenvalue weighted by Crippen LogP contribution is 2.38. The zero-order valence-electron chi connectivity index (χ0n) is 26.8. The molecule has 1 aliphatic heterocycles. The molecule has 0 unspecified atom stereocenters. The predicted octanol–water partition coefficient (Wildman–Crippen LogP) is 8.71. The molecular weight excluding hydrogens is 631 g/mol. The number of aromatic nitrogens is 1. The average molecular weight is 664 g/mol. The number of rotatable bonds is 5. The maximum absolute atomic E-state index is 4.74. The molecule has 2 heterocycles. The molecule has 0 radical (unpaired) electrons. The minimum atomic E-state index is -2.71. The summed E-state index contributed by atoms with van der Waals surface area (Å²) in [6.07, 6.45) is 2.01. The van der Waals surface area contributed by atoms with Crippen molar-refractivity contribution >= 4 is 85.7 Å². The number of anilines is 2. The van der Waals surface area contributed by atoms with Crippen LogP contribution < -0.4 is 26.1 Å². The van der Waals surface area contributed by atoms with Crippen molar-refractivity contribution in [3.05, 3.63) is 176 Å². The van der Waals surface area contributed by atoms with Crippen molar-refractivity contribution in [3.63, 3.8) is 0 Å². The van der Waals surface area contributed by atoms with Crippen LogP contribution in [0.2, 0.25) is 0 Å². The summed E-state index contributed by atoms with van der Waals surface area (Å²) in [7, 11) is -2.71. The summed E-state index contributed by atoms with van der Waals surface area (Å²) in [5.41, 5.74) is 6.63. The molecule has 0 saturated carbocycles. The Hall–Kier alpha value is -5.62. The second kappa shape index (κ2) is 12.4. The van der Waals surface area contributed by atoms with Crippen LogP contribution >= 0.6 is 11.8 Å². The first-order valence-corrected chi connectivity index (χ1v) is 19.7. The van der Waals surface area contributed by atoms with Gasteiger partial charge in [-0.25, -0.2) is 0 Å². The van der Waals surface area contributed by atoms with Crippen molar-refractivity contribution < 1.29 is 0 Å². The zero-order chi connectivity index (χ0) is 32.6. The number of para-hydroxylation sites is 3. The second-order valence-corrected chi connectivity index (χ2v) is 17.2. The molecule has 0 aliphatic carbocycles. The van der Waals surface area contributed by atoms with Crippen LogP contribution in [0.15, 0.2) is 186 Å². The van der Waals surface area contributed by atoms with Gasteiger partial charge in [0.15, 0.2) is 8.07 Å². The fourth-order valence-electron chi connectivity index (χ4n) is 7.52. The van der Waals surface area contributed by atoms with E-state index in [4.69, 9.17) is 4.99 Å². The van der Waals surface area contributed by atoms with E-state index in [1.54, 1.807) is 0 Å². The van der Waals surface area contributed by atoms with Crippen LogP contribution in [0.1, 0.15) is 0 Å². The van der Waals surface area contributed by atoms with Gasteiger partial charge in [-0.15, -0.1) is 11.8 Å². The van der Waals surface area contributed by atoms with Crippen molar-refractivity contribution in [2.45, 2.75) is 4.90 Å². The van der Waals surface area contributed by atoms with Crippen molar-refractivity contribution in [3.8, 4) is 5.69 Å². The molecular formula is C44H33N3SSi. The maximum atomic E-state index is 4.74.